The minimum Gasteiger partial charge on any atom is -0.319 e. The molecule has 4 amide bonds. The Morgan fingerprint density at radius 2 is 1.81 bits per heavy atom. The first-order valence-electron chi connectivity index (χ1n) is 9.00. The van der Waals surface area contributed by atoms with Gasteiger partial charge < -0.3 is 10.2 Å². The Bertz CT molecular complexity index is 938. The van der Waals surface area contributed by atoms with Gasteiger partial charge >= 0.3 is 6.03 Å². The van der Waals surface area contributed by atoms with Crippen LogP contribution in [0.4, 0.5) is 10.5 Å². The molecule has 27 heavy (non-hydrogen) atoms. The lowest BCUT2D eigenvalue weighted by Gasteiger charge is -2.23. The minimum atomic E-state index is -1.16. The van der Waals surface area contributed by atoms with Crippen LogP contribution in [0.15, 0.2) is 48.5 Å². The number of anilines is 1. The van der Waals surface area contributed by atoms with Crippen molar-refractivity contribution in [2.75, 3.05) is 18.0 Å². The van der Waals surface area contributed by atoms with Crippen LogP contribution in [-0.4, -0.2) is 35.8 Å². The summed E-state index contributed by atoms with van der Waals surface area (Å²) < 4.78 is 0. The highest BCUT2D eigenvalue weighted by molar-refractivity contribution is 6.10. The number of rotatable bonds is 3. The number of carbonyl (C=O) groups excluding carboxylic acids is 3. The summed E-state index contributed by atoms with van der Waals surface area (Å²) in [4.78, 5) is 40.9. The predicted molar refractivity (Wildman–Crippen MR) is 101 cm³/mol. The number of imide groups is 1. The van der Waals surface area contributed by atoms with E-state index in [4.69, 9.17) is 0 Å². The number of hydrogen-bond donors (Lipinski definition) is 1. The number of amides is 4. The number of nitrogens with zero attached hydrogens (tertiary/aromatic N) is 2. The van der Waals surface area contributed by atoms with Gasteiger partial charge in [-0.15, -0.1) is 0 Å². The number of fused-ring (bicyclic) bond motifs is 1. The maximum absolute atomic E-state index is 13.0. The fraction of sp³-hybridized carbons (Fsp3) is 0.286. The first-order valence-corrected chi connectivity index (χ1v) is 9.00. The molecule has 138 valence electrons. The molecule has 2 aliphatic heterocycles. The highest BCUT2D eigenvalue weighted by atomic mass is 16.2. The zero-order valence-corrected chi connectivity index (χ0v) is 15.4. The topological polar surface area (TPSA) is 69.7 Å². The van der Waals surface area contributed by atoms with Gasteiger partial charge in [0.05, 0.1) is 0 Å². The third-order valence-electron chi connectivity index (χ3n) is 5.39. The van der Waals surface area contributed by atoms with Crippen molar-refractivity contribution < 1.29 is 14.4 Å². The van der Waals surface area contributed by atoms with Crippen molar-refractivity contribution in [2.45, 2.75) is 25.8 Å². The van der Waals surface area contributed by atoms with Crippen molar-refractivity contribution >= 4 is 23.5 Å². The van der Waals surface area contributed by atoms with Crippen LogP contribution >= 0.6 is 0 Å². The molecular weight excluding hydrogens is 342 g/mol. The number of urea groups is 1. The lowest BCUT2D eigenvalue weighted by molar-refractivity contribution is -0.134. The molecule has 4 rings (SSSR count). The summed E-state index contributed by atoms with van der Waals surface area (Å²) in [5, 5.41) is 2.75. The van der Waals surface area contributed by atoms with Gasteiger partial charge in [0, 0.05) is 12.2 Å². The number of aryl methyl sites for hydroxylation is 1. The van der Waals surface area contributed by atoms with E-state index < -0.39 is 17.5 Å². The quantitative estimate of drug-likeness (QED) is 0.851. The molecule has 0 radical (unpaired) electrons. The molecule has 1 fully saturated rings. The summed E-state index contributed by atoms with van der Waals surface area (Å²) in [6.45, 7) is 3.94. The Morgan fingerprint density at radius 3 is 2.56 bits per heavy atom. The number of benzene rings is 2. The third kappa shape index (κ3) is 2.77. The molecule has 2 heterocycles. The van der Waals surface area contributed by atoms with Crippen LogP contribution in [0.25, 0.3) is 0 Å². The molecular formula is C21H21N3O3. The Morgan fingerprint density at radius 1 is 1.11 bits per heavy atom. The van der Waals surface area contributed by atoms with Crippen molar-refractivity contribution in [1.29, 1.82) is 0 Å². The van der Waals surface area contributed by atoms with Crippen molar-refractivity contribution in [1.82, 2.24) is 10.2 Å². The lowest BCUT2D eigenvalue weighted by Crippen LogP contribution is -2.44. The van der Waals surface area contributed by atoms with E-state index in [1.54, 1.807) is 11.8 Å². The SMILES string of the molecule is Cc1ccc([C@]2(C)NC(=O)N(CC(=O)N3CCc4ccccc43)C2=O)cc1. The molecule has 1 saturated heterocycles. The molecule has 6 heteroatoms. The van der Waals surface area contributed by atoms with Gasteiger partial charge in [0.15, 0.2) is 0 Å². The fourth-order valence-electron chi connectivity index (χ4n) is 3.74. The molecule has 1 N–H and O–H groups in total. The first-order chi connectivity index (χ1) is 12.9. The molecule has 2 aromatic carbocycles. The Kier molecular flexibility index (Phi) is 3.98. The summed E-state index contributed by atoms with van der Waals surface area (Å²) in [6, 6.07) is 14.6. The van der Waals surface area contributed by atoms with Gasteiger partial charge in [0.25, 0.3) is 5.91 Å². The highest BCUT2D eigenvalue weighted by Gasteiger charge is 2.49. The summed E-state index contributed by atoms with van der Waals surface area (Å²) >= 11 is 0. The van der Waals surface area contributed by atoms with Gasteiger partial charge in [-0.2, -0.15) is 0 Å². The smallest absolute Gasteiger partial charge is 0.319 e. The van der Waals surface area contributed by atoms with E-state index in [-0.39, 0.29) is 12.5 Å². The van der Waals surface area contributed by atoms with Crippen molar-refractivity contribution in [3.63, 3.8) is 0 Å². The van der Waals surface area contributed by atoms with Crippen molar-refractivity contribution in [3.8, 4) is 0 Å². The molecule has 0 unspecified atom stereocenters. The second-order valence-corrected chi connectivity index (χ2v) is 7.24. The molecule has 0 bridgehead atoms. The van der Waals surface area contributed by atoms with Gasteiger partial charge in [-0.25, -0.2) is 4.79 Å². The van der Waals surface area contributed by atoms with Crippen molar-refractivity contribution in [3.05, 3.63) is 65.2 Å². The fourth-order valence-corrected chi connectivity index (χ4v) is 3.74. The van der Waals surface area contributed by atoms with Crippen LogP contribution in [0.5, 0.6) is 0 Å². The first kappa shape index (κ1) is 17.3. The Hall–Kier alpha value is -3.15. The summed E-state index contributed by atoms with van der Waals surface area (Å²) in [5.74, 6) is -0.659. The summed E-state index contributed by atoms with van der Waals surface area (Å²) in [6.07, 6.45) is 0.781. The van der Waals surface area contributed by atoms with E-state index in [1.165, 1.54) is 0 Å². The van der Waals surface area contributed by atoms with E-state index in [1.807, 2.05) is 55.5 Å². The summed E-state index contributed by atoms with van der Waals surface area (Å²) in [7, 11) is 0. The van der Waals surface area contributed by atoms with Crippen LogP contribution in [0, 0.1) is 6.92 Å². The van der Waals surface area contributed by atoms with Gasteiger partial charge in [-0.3, -0.25) is 14.5 Å². The monoisotopic (exact) mass is 363 g/mol. The molecule has 0 aliphatic carbocycles. The average molecular weight is 363 g/mol. The van der Waals surface area contributed by atoms with Crippen LogP contribution in [0.3, 0.4) is 0 Å². The zero-order valence-electron chi connectivity index (χ0n) is 15.4. The maximum Gasteiger partial charge on any atom is 0.325 e. The Balaban J connectivity index is 1.55. The molecule has 0 spiro atoms. The van der Waals surface area contributed by atoms with Crippen LogP contribution in [0.1, 0.15) is 23.6 Å². The average Bonchev–Trinajstić information content (AvgIpc) is 3.18. The van der Waals surface area contributed by atoms with E-state index in [9.17, 15) is 14.4 Å². The maximum atomic E-state index is 13.0. The second kappa shape index (κ2) is 6.23. The predicted octanol–water partition coefficient (Wildman–Crippen LogP) is 2.35. The van der Waals surface area contributed by atoms with E-state index in [0.717, 1.165) is 28.1 Å². The molecule has 0 saturated carbocycles. The third-order valence-corrected chi connectivity index (χ3v) is 5.39. The Labute approximate surface area is 157 Å². The molecule has 1 atom stereocenters. The number of para-hydroxylation sites is 1. The second-order valence-electron chi connectivity index (χ2n) is 7.24. The van der Waals surface area contributed by atoms with E-state index in [2.05, 4.69) is 5.32 Å². The highest BCUT2D eigenvalue weighted by Crippen LogP contribution is 2.31. The molecule has 2 aliphatic rings. The zero-order chi connectivity index (χ0) is 19.2. The standard InChI is InChI=1S/C21H21N3O3/c1-14-7-9-16(10-8-14)21(2)19(26)24(20(27)22-21)13-18(25)23-12-11-15-5-3-4-6-17(15)23/h3-10H,11-13H2,1-2H3,(H,22,27)/t21-/m0/s1. The number of carbonyl (C=O) groups is 3. The van der Waals surface area contributed by atoms with Gasteiger partial charge in [-0.05, 0) is 37.5 Å². The number of nitrogens with one attached hydrogen (secondary N) is 1. The lowest BCUT2D eigenvalue weighted by atomic mass is 9.91. The van der Waals surface area contributed by atoms with Crippen LogP contribution in [0.2, 0.25) is 0 Å². The van der Waals surface area contributed by atoms with Crippen LogP contribution in [-0.2, 0) is 21.5 Å². The largest absolute Gasteiger partial charge is 0.325 e. The summed E-state index contributed by atoms with van der Waals surface area (Å²) in [5.41, 5.74) is 2.57. The normalized spacial score (nSPS) is 21.4. The molecule has 0 aromatic heterocycles. The van der Waals surface area contributed by atoms with E-state index in [0.29, 0.717) is 12.1 Å². The number of hydrogen-bond acceptors (Lipinski definition) is 3. The van der Waals surface area contributed by atoms with Gasteiger partial charge in [0.2, 0.25) is 5.91 Å². The van der Waals surface area contributed by atoms with E-state index >= 15 is 0 Å². The van der Waals surface area contributed by atoms with Crippen molar-refractivity contribution in [2.24, 2.45) is 0 Å². The molecule has 6 nitrogen and oxygen atoms in total. The van der Waals surface area contributed by atoms with Gasteiger partial charge in [0.1, 0.15) is 12.1 Å². The minimum absolute atomic E-state index is 0.253. The van der Waals surface area contributed by atoms with Crippen LogP contribution < -0.4 is 10.2 Å². The molecule has 2 aromatic rings. The van der Waals surface area contributed by atoms with Gasteiger partial charge in [-0.1, -0.05) is 48.0 Å².